The SMILES string of the molecule is Cc1ccc(O)c(N=Nc2cc([N+](=O)[O-])cc([N+](=O)[O-])c2O)c1. The number of aryl methyl sites for hydroxylation is 1. The van der Waals surface area contributed by atoms with Gasteiger partial charge in [-0.1, -0.05) is 6.07 Å². The van der Waals surface area contributed by atoms with Crippen LogP contribution >= 0.6 is 0 Å². The average Bonchev–Trinajstić information content (AvgIpc) is 2.48. The number of azo groups is 1. The summed E-state index contributed by atoms with van der Waals surface area (Å²) in [5.41, 5.74) is -1.10. The van der Waals surface area contributed by atoms with Gasteiger partial charge >= 0.3 is 5.69 Å². The number of non-ortho nitro benzene ring substituents is 1. The number of nitrogens with zero attached hydrogens (tertiary/aromatic N) is 4. The third kappa shape index (κ3) is 3.37. The summed E-state index contributed by atoms with van der Waals surface area (Å²) in [6, 6.07) is 5.96. The van der Waals surface area contributed by atoms with Gasteiger partial charge in [-0.2, -0.15) is 0 Å². The zero-order valence-electron chi connectivity index (χ0n) is 11.7. The number of nitro benzene ring substituents is 2. The van der Waals surface area contributed by atoms with Gasteiger partial charge in [0.05, 0.1) is 15.9 Å². The maximum absolute atomic E-state index is 10.8. The Morgan fingerprint density at radius 2 is 1.61 bits per heavy atom. The minimum atomic E-state index is -0.967. The molecule has 0 fully saturated rings. The number of hydrogen-bond acceptors (Lipinski definition) is 8. The van der Waals surface area contributed by atoms with Crippen LogP contribution in [-0.2, 0) is 0 Å². The van der Waals surface area contributed by atoms with E-state index in [2.05, 4.69) is 10.2 Å². The monoisotopic (exact) mass is 318 g/mol. The van der Waals surface area contributed by atoms with Gasteiger partial charge in [0.25, 0.3) is 5.69 Å². The van der Waals surface area contributed by atoms with E-state index in [0.29, 0.717) is 6.07 Å². The maximum Gasteiger partial charge on any atom is 0.319 e. The van der Waals surface area contributed by atoms with Crippen molar-refractivity contribution < 1.29 is 20.1 Å². The molecule has 0 amide bonds. The van der Waals surface area contributed by atoms with Gasteiger partial charge in [-0.05, 0) is 24.6 Å². The molecule has 10 nitrogen and oxygen atoms in total. The van der Waals surface area contributed by atoms with Crippen molar-refractivity contribution in [2.75, 3.05) is 0 Å². The molecule has 10 heteroatoms. The molecule has 2 rings (SSSR count). The van der Waals surface area contributed by atoms with E-state index in [0.717, 1.165) is 11.6 Å². The largest absolute Gasteiger partial charge is 0.506 e. The summed E-state index contributed by atoms with van der Waals surface area (Å²) >= 11 is 0. The Morgan fingerprint density at radius 1 is 0.957 bits per heavy atom. The maximum atomic E-state index is 10.8. The van der Waals surface area contributed by atoms with Crippen molar-refractivity contribution in [3.63, 3.8) is 0 Å². The molecule has 2 aromatic carbocycles. The van der Waals surface area contributed by atoms with Crippen molar-refractivity contribution in [3.8, 4) is 11.5 Å². The van der Waals surface area contributed by atoms with Crippen LogP contribution in [0.2, 0.25) is 0 Å². The first kappa shape index (κ1) is 15.8. The minimum Gasteiger partial charge on any atom is -0.506 e. The molecule has 0 aliphatic rings. The van der Waals surface area contributed by atoms with Gasteiger partial charge in [0.15, 0.2) is 0 Å². The second-order valence-electron chi connectivity index (χ2n) is 4.54. The molecule has 0 bridgehead atoms. The summed E-state index contributed by atoms with van der Waals surface area (Å²) < 4.78 is 0. The van der Waals surface area contributed by atoms with Crippen molar-refractivity contribution >= 4 is 22.7 Å². The fraction of sp³-hybridized carbons (Fsp3) is 0.0769. The van der Waals surface area contributed by atoms with Crippen LogP contribution in [0, 0.1) is 27.2 Å². The second-order valence-corrected chi connectivity index (χ2v) is 4.54. The van der Waals surface area contributed by atoms with Crippen LogP contribution in [0.4, 0.5) is 22.7 Å². The Labute approximate surface area is 128 Å². The first-order valence-corrected chi connectivity index (χ1v) is 6.16. The fourth-order valence-electron chi connectivity index (χ4n) is 1.73. The predicted molar refractivity (Wildman–Crippen MR) is 78.4 cm³/mol. The lowest BCUT2D eigenvalue weighted by Gasteiger charge is -2.01. The number of phenols is 2. The fourth-order valence-corrected chi connectivity index (χ4v) is 1.73. The van der Waals surface area contributed by atoms with Gasteiger partial charge in [-0.25, -0.2) is 0 Å². The van der Waals surface area contributed by atoms with Crippen LogP contribution in [0.5, 0.6) is 11.5 Å². The van der Waals surface area contributed by atoms with Crippen LogP contribution in [0.3, 0.4) is 0 Å². The normalized spacial score (nSPS) is 10.8. The van der Waals surface area contributed by atoms with E-state index >= 15 is 0 Å². The highest BCUT2D eigenvalue weighted by atomic mass is 16.6. The number of nitro groups is 2. The molecule has 118 valence electrons. The Morgan fingerprint density at radius 3 is 2.22 bits per heavy atom. The van der Waals surface area contributed by atoms with Crippen LogP contribution in [0.15, 0.2) is 40.6 Å². The third-order valence-electron chi connectivity index (χ3n) is 2.86. The molecule has 0 radical (unpaired) electrons. The first-order chi connectivity index (χ1) is 10.8. The molecular formula is C13H10N4O6. The zero-order valence-corrected chi connectivity index (χ0v) is 11.7. The lowest BCUT2D eigenvalue weighted by molar-refractivity contribution is -0.394. The van der Waals surface area contributed by atoms with E-state index in [9.17, 15) is 30.4 Å². The molecular weight excluding hydrogens is 308 g/mol. The van der Waals surface area contributed by atoms with Gasteiger partial charge in [-0.3, -0.25) is 20.2 Å². The quantitative estimate of drug-likeness (QED) is 0.498. The topological polar surface area (TPSA) is 151 Å². The highest BCUT2D eigenvalue weighted by molar-refractivity contribution is 5.67. The standard InChI is InChI=1S/C13H10N4O6/c1-7-2-3-12(18)9(4-7)14-15-10-5-8(16(20)21)6-11(13(10)19)17(22)23/h2-6,18-19H,1H3. The van der Waals surface area contributed by atoms with E-state index < -0.39 is 32.7 Å². The van der Waals surface area contributed by atoms with E-state index in [-0.39, 0.29) is 11.4 Å². The molecule has 2 N–H and O–H groups in total. The highest BCUT2D eigenvalue weighted by Crippen LogP contribution is 2.41. The van der Waals surface area contributed by atoms with Crippen molar-refractivity contribution in [1.29, 1.82) is 0 Å². The molecule has 0 atom stereocenters. The van der Waals surface area contributed by atoms with E-state index in [1.165, 1.54) is 12.1 Å². The Balaban J connectivity index is 2.54. The van der Waals surface area contributed by atoms with Gasteiger partial charge in [0.2, 0.25) is 5.75 Å². The van der Waals surface area contributed by atoms with Crippen LogP contribution in [0.25, 0.3) is 0 Å². The van der Waals surface area contributed by atoms with E-state index in [1.54, 1.807) is 13.0 Å². The zero-order chi connectivity index (χ0) is 17.1. The van der Waals surface area contributed by atoms with E-state index in [1.807, 2.05) is 0 Å². The van der Waals surface area contributed by atoms with Crippen LogP contribution in [0.1, 0.15) is 5.56 Å². The number of benzene rings is 2. The molecule has 23 heavy (non-hydrogen) atoms. The Kier molecular flexibility index (Phi) is 4.16. The Hall–Kier alpha value is -3.56. The van der Waals surface area contributed by atoms with Crippen LogP contribution < -0.4 is 0 Å². The third-order valence-corrected chi connectivity index (χ3v) is 2.86. The minimum absolute atomic E-state index is 0.0542. The second kappa shape index (κ2) is 6.05. The molecule has 0 spiro atoms. The van der Waals surface area contributed by atoms with Gasteiger partial charge < -0.3 is 10.2 Å². The molecule has 0 unspecified atom stereocenters. The number of hydrogen-bond donors (Lipinski definition) is 2. The molecule has 2 aromatic rings. The molecule has 0 heterocycles. The number of aromatic hydroxyl groups is 2. The molecule has 0 saturated carbocycles. The number of rotatable bonds is 4. The molecule has 0 aliphatic carbocycles. The summed E-state index contributed by atoms with van der Waals surface area (Å²) in [5.74, 6) is -1.05. The highest BCUT2D eigenvalue weighted by Gasteiger charge is 2.24. The lowest BCUT2D eigenvalue weighted by atomic mass is 10.2. The Bertz CT molecular complexity index is 833. The number of phenolic OH excluding ortho intramolecular Hbond substituents is 2. The molecule has 0 saturated heterocycles. The lowest BCUT2D eigenvalue weighted by Crippen LogP contribution is -1.93. The average molecular weight is 318 g/mol. The van der Waals surface area contributed by atoms with Gasteiger partial charge in [-0.15, -0.1) is 10.2 Å². The van der Waals surface area contributed by atoms with Crippen molar-refractivity contribution in [3.05, 3.63) is 56.1 Å². The summed E-state index contributed by atoms with van der Waals surface area (Å²) in [4.78, 5) is 19.8. The molecule has 0 aromatic heterocycles. The summed E-state index contributed by atoms with van der Waals surface area (Å²) in [5, 5.41) is 48.3. The predicted octanol–water partition coefficient (Wildman–Crippen LogP) is 3.64. The first-order valence-electron chi connectivity index (χ1n) is 6.16. The summed E-state index contributed by atoms with van der Waals surface area (Å²) in [6.07, 6.45) is 0. The summed E-state index contributed by atoms with van der Waals surface area (Å²) in [6.45, 7) is 1.74. The van der Waals surface area contributed by atoms with Crippen molar-refractivity contribution in [1.82, 2.24) is 0 Å². The van der Waals surface area contributed by atoms with Crippen LogP contribution in [-0.4, -0.2) is 20.1 Å². The van der Waals surface area contributed by atoms with Gasteiger partial charge in [0.1, 0.15) is 17.1 Å². The van der Waals surface area contributed by atoms with Crippen molar-refractivity contribution in [2.24, 2.45) is 10.2 Å². The van der Waals surface area contributed by atoms with Gasteiger partial charge in [0, 0.05) is 6.07 Å². The molecule has 0 aliphatic heterocycles. The van der Waals surface area contributed by atoms with E-state index in [4.69, 9.17) is 0 Å². The smallest absolute Gasteiger partial charge is 0.319 e. The van der Waals surface area contributed by atoms with Crippen molar-refractivity contribution in [2.45, 2.75) is 6.92 Å². The summed E-state index contributed by atoms with van der Waals surface area (Å²) in [7, 11) is 0.